The molecule has 0 N–H and O–H groups in total. The second-order valence-corrected chi connectivity index (χ2v) is 5.15. The number of piperazine rings is 1. The first-order chi connectivity index (χ1) is 8.65. The first-order valence-corrected chi connectivity index (χ1v) is 6.58. The van der Waals surface area contributed by atoms with E-state index in [0.29, 0.717) is 0 Å². The minimum Gasteiger partial charge on any atom is -0.317 e. The van der Waals surface area contributed by atoms with E-state index < -0.39 is 0 Å². The average molecular weight is 249 g/mol. The van der Waals surface area contributed by atoms with Crippen LogP contribution in [0.3, 0.4) is 0 Å². The zero-order valence-corrected chi connectivity index (χ0v) is 11.5. The van der Waals surface area contributed by atoms with Gasteiger partial charge in [0.2, 0.25) is 0 Å². The van der Waals surface area contributed by atoms with Gasteiger partial charge >= 0.3 is 0 Å². The van der Waals surface area contributed by atoms with E-state index in [-0.39, 0.29) is 0 Å². The normalized spacial score (nSPS) is 18.1. The molecular formula is C13H23N5. The largest absolute Gasteiger partial charge is 0.317 e. The minimum atomic E-state index is 0.985. The Hall–Kier alpha value is -1.20. The average Bonchev–Trinajstić information content (AvgIpc) is 2.73. The van der Waals surface area contributed by atoms with Crippen molar-refractivity contribution >= 4 is 0 Å². The van der Waals surface area contributed by atoms with Crippen LogP contribution in [0.1, 0.15) is 12.7 Å². The van der Waals surface area contributed by atoms with E-state index in [1.54, 1.807) is 0 Å². The van der Waals surface area contributed by atoms with Gasteiger partial charge in [0.15, 0.2) is 0 Å². The summed E-state index contributed by atoms with van der Waals surface area (Å²) >= 11 is 0. The van der Waals surface area contributed by atoms with E-state index in [2.05, 4.69) is 38.1 Å². The highest BCUT2D eigenvalue weighted by molar-refractivity contribution is 4.93. The second kappa shape index (κ2) is 6.11. The van der Waals surface area contributed by atoms with Crippen molar-refractivity contribution in [1.29, 1.82) is 0 Å². The van der Waals surface area contributed by atoms with Crippen molar-refractivity contribution in [2.45, 2.75) is 20.4 Å². The molecule has 0 unspecified atom stereocenters. The van der Waals surface area contributed by atoms with Crippen molar-refractivity contribution in [3.8, 4) is 0 Å². The lowest BCUT2D eigenvalue weighted by atomic mass is 10.2. The van der Waals surface area contributed by atoms with E-state index in [1.165, 1.54) is 5.57 Å². The molecule has 0 amide bonds. The first-order valence-electron chi connectivity index (χ1n) is 6.58. The molecule has 1 fully saturated rings. The van der Waals surface area contributed by atoms with E-state index in [4.69, 9.17) is 0 Å². The lowest BCUT2D eigenvalue weighted by Crippen LogP contribution is -2.47. The second-order valence-electron chi connectivity index (χ2n) is 5.15. The summed E-state index contributed by atoms with van der Waals surface area (Å²) in [6, 6.07) is 0. The van der Waals surface area contributed by atoms with Crippen LogP contribution in [0.15, 0.2) is 18.5 Å². The lowest BCUT2D eigenvalue weighted by molar-refractivity contribution is 0.137. The maximum absolute atomic E-state index is 4.00. The summed E-state index contributed by atoms with van der Waals surface area (Å²) in [6.45, 7) is 15.8. The molecule has 2 heterocycles. The van der Waals surface area contributed by atoms with Crippen LogP contribution in [0.5, 0.6) is 0 Å². The van der Waals surface area contributed by atoms with Gasteiger partial charge in [0.25, 0.3) is 0 Å². The van der Waals surface area contributed by atoms with Gasteiger partial charge in [0.1, 0.15) is 12.2 Å². The fraction of sp³-hybridized carbons (Fsp3) is 0.692. The van der Waals surface area contributed by atoms with Crippen molar-refractivity contribution in [1.82, 2.24) is 24.6 Å². The monoisotopic (exact) mass is 249 g/mol. The molecule has 1 aliphatic rings. The Morgan fingerprint density at radius 1 is 1.22 bits per heavy atom. The number of aromatic nitrogens is 3. The molecule has 0 aromatic carbocycles. The minimum absolute atomic E-state index is 0.985. The van der Waals surface area contributed by atoms with Crippen LogP contribution >= 0.6 is 0 Å². The molecular weight excluding hydrogens is 226 g/mol. The van der Waals surface area contributed by atoms with Crippen LogP contribution in [0, 0.1) is 6.92 Å². The number of hydrogen-bond acceptors (Lipinski definition) is 4. The Morgan fingerprint density at radius 3 is 2.44 bits per heavy atom. The molecule has 0 radical (unpaired) electrons. The summed E-state index contributed by atoms with van der Waals surface area (Å²) < 4.78 is 2.11. The Morgan fingerprint density at radius 2 is 1.89 bits per heavy atom. The van der Waals surface area contributed by atoms with Crippen LogP contribution < -0.4 is 0 Å². The van der Waals surface area contributed by atoms with Gasteiger partial charge in [-0.1, -0.05) is 12.2 Å². The summed E-state index contributed by atoms with van der Waals surface area (Å²) in [6.07, 6.45) is 1.81. The summed E-state index contributed by atoms with van der Waals surface area (Å²) in [5, 5.41) is 7.91. The molecule has 0 saturated carbocycles. The van der Waals surface area contributed by atoms with Gasteiger partial charge in [0, 0.05) is 45.8 Å². The van der Waals surface area contributed by atoms with Crippen LogP contribution in [0.25, 0.3) is 0 Å². The van der Waals surface area contributed by atoms with E-state index >= 15 is 0 Å². The Kier molecular flexibility index (Phi) is 4.49. The highest BCUT2D eigenvalue weighted by Crippen LogP contribution is 2.04. The van der Waals surface area contributed by atoms with Gasteiger partial charge in [-0.3, -0.25) is 9.80 Å². The van der Waals surface area contributed by atoms with Crippen molar-refractivity contribution in [2.24, 2.45) is 0 Å². The van der Waals surface area contributed by atoms with Crippen LogP contribution in [-0.2, 0) is 6.54 Å². The summed E-state index contributed by atoms with van der Waals surface area (Å²) in [5.74, 6) is 0.996. The molecule has 2 rings (SSSR count). The summed E-state index contributed by atoms with van der Waals surface area (Å²) in [5.41, 5.74) is 1.25. The van der Waals surface area contributed by atoms with Gasteiger partial charge in [-0.25, -0.2) is 0 Å². The summed E-state index contributed by atoms with van der Waals surface area (Å²) in [4.78, 5) is 4.98. The van der Waals surface area contributed by atoms with Gasteiger partial charge in [-0.15, -0.1) is 10.2 Å². The molecule has 100 valence electrons. The highest BCUT2D eigenvalue weighted by Gasteiger charge is 2.16. The van der Waals surface area contributed by atoms with E-state index in [9.17, 15) is 0 Å². The van der Waals surface area contributed by atoms with Crippen molar-refractivity contribution < 1.29 is 0 Å². The predicted octanol–water partition coefficient (Wildman–Crippen LogP) is 0.780. The quantitative estimate of drug-likeness (QED) is 0.723. The smallest absolute Gasteiger partial charge is 0.129 e. The molecule has 5 nitrogen and oxygen atoms in total. The van der Waals surface area contributed by atoms with E-state index in [0.717, 1.165) is 51.6 Å². The maximum Gasteiger partial charge on any atom is 0.129 e. The number of hydrogen-bond donors (Lipinski definition) is 0. The van der Waals surface area contributed by atoms with Gasteiger partial charge in [-0.2, -0.15) is 0 Å². The molecule has 5 heteroatoms. The molecule has 0 atom stereocenters. The highest BCUT2D eigenvalue weighted by atomic mass is 15.3. The molecule has 1 saturated heterocycles. The standard InChI is InChI=1S/C13H23N5/c1-12(2)10-17-6-4-16(5-7-17)8-9-18-11-14-15-13(18)3/h11H,1,4-10H2,2-3H3. The molecule has 1 aromatic rings. The first kappa shape index (κ1) is 13.2. The summed E-state index contributed by atoms with van der Waals surface area (Å²) in [7, 11) is 0. The van der Waals surface area contributed by atoms with Gasteiger partial charge in [-0.05, 0) is 13.8 Å². The molecule has 18 heavy (non-hydrogen) atoms. The number of nitrogens with zero attached hydrogens (tertiary/aromatic N) is 5. The fourth-order valence-corrected chi connectivity index (χ4v) is 2.33. The molecule has 0 bridgehead atoms. The third-order valence-corrected chi connectivity index (χ3v) is 3.42. The number of aryl methyl sites for hydroxylation is 1. The topological polar surface area (TPSA) is 37.2 Å². The van der Waals surface area contributed by atoms with Gasteiger partial charge < -0.3 is 4.57 Å². The van der Waals surface area contributed by atoms with Gasteiger partial charge in [0.05, 0.1) is 0 Å². The van der Waals surface area contributed by atoms with Crippen LogP contribution in [0.4, 0.5) is 0 Å². The maximum atomic E-state index is 4.00. The Balaban J connectivity index is 1.71. The van der Waals surface area contributed by atoms with Crippen LogP contribution in [-0.4, -0.2) is 63.8 Å². The molecule has 1 aromatic heterocycles. The van der Waals surface area contributed by atoms with Crippen molar-refractivity contribution in [3.63, 3.8) is 0 Å². The van der Waals surface area contributed by atoms with E-state index in [1.807, 2.05) is 13.3 Å². The Bertz CT molecular complexity index is 390. The predicted molar refractivity (Wildman–Crippen MR) is 72.5 cm³/mol. The lowest BCUT2D eigenvalue weighted by Gasteiger charge is -2.34. The SMILES string of the molecule is C=C(C)CN1CCN(CCn2cnnc2C)CC1. The Labute approximate surface area is 109 Å². The zero-order valence-electron chi connectivity index (χ0n) is 11.5. The zero-order chi connectivity index (χ0) is 13.0. The molecule has 1 aliphatic heterocycles. The van der Waals surface area contributed by atoms with Crippen molar-refractivity contribution in [2.75, 3.05) is 39.3 Å². The van der Waals surface area contributed by atoms with Crippen molar-refractivity contribution in [3.05, 3.63) is 24.3 Å². The van der Waals surface area contributed by atoms with Crippen LogP contribution in [0.2, 0.25) is 0 Å². The fourth-order valence-electron chi connectivity index (χ4n) is 2.33. The molecule has 0 aliphatic carbocycles. The molecule has 0 spiro atoms. The third kappa shape index (κ3) is 3.65. The number of rotatable bonds is 5. The third-order valence-electron chi connectivity index (χ3n) is 3.42.